The van der Waals surface area contributed by atoms with Gasteiger partial charge in [-0.2, -0.15) is 5.26 Å². The molecule has 0 unspecified atom stereocenters. The van der Waals surface area contributed by atoms with Crippen LogP contribution in [0.15, 0.2) is 42.0 Å². The second-order valence-corrected chi connectivity index (χ2v) is 6.76. The summed E-state index contributed by atoms with van der Waals surface area (Å²) in [4.78, 5) is 24.5. The van der Waals surface area contributed by atoms with Crippen LogP contribution in [-0.2, 0) is 4.79 Å². The Morgan fingerprint density at radius 3 is 2.92 bits per heavy atom. The summed E-state index contributed by atoms with van der Waals surface area (Å²) in [6.07, 6.45) is 3.29. The number of aromatic nitrogens is 2. The third-order valence-electron chi connectivity index (χ3n) is 4.35. The summed E-state index contributed by atoms with van der Waals surface area (Å²) in [5.74, 6) is 0.771. The molecule has 1 amide bonds. The minimum absolute atomic E-state index is 0.0517. The molecule has 3 heterocycles. The number of amides is 1. The zero-order chi connectivity index (χ0) is 17.2. The molecule has 7 heteroatoms. The fourth-order valence-electron chi connectivity index (χ4n) is 3.15. The van der Waals surface area contributed by atoms with Gasteiger partial charge >= 0.3 is 0 Å². The van der Waals surface area contributed by atoms with Gasteiger partial charge in [0, 0.05) is 12.2 Å². The maximum atomic E-state index is 12.8. The topological polar surface area (TPSA) is 81.9 Å². The molecule has 1 aromatic carbocycles. The number of nitriles is 1. The average molecular weight is 349 g/mol. The Labute approximate surface area is 148 Å². The predicted molar refractivity (Wildman–Crippen MR) is 97.6 cm³/mol. The number of anilines is 2. The van der Waals surface area contributed by atoms with Gasteiger partial charge in [-0.3, -0.25) is 4.79 Å². The van der Waals surface area contributed by atoms with Gasteiger partial charge in [0.2, 0.25) is 5.91 Å². The van der Waals surface area contributed by atoms with Crippen LogP contribution in [0.3, 0.4) is 0 Å². The number of benzene rings is 1. The zero-order valence-corrected chi connectivity index (χ0v) is 14.2. The molecule has 3 aromatic rings. The summed E-state index contributed by atoms with van der Waals surface area (Å²) in [6, 6.07) is 10.7. The number of fused-ring (bicyclic) bond motifs is 1. The molecule has 0 spiro atoms. The number of hydrogen-bond acceptors (Lipinski definition) is 6. The van der Waals surface area contributed by atoms with Gasteiger partial charge in [0.15, 0.2) is 0 Å². The van der Waals surface area contributed by atoms with Crippen molar-refractivity contribution >= 4 is 39.0 Å². The molecule has 2 aromatic heterocycles. The largest absolute Gasteiger partial charge is 0.344 e. The van der Waals surface area contributed by atoms with Crippen molar-refractivity contribution in [3.63, 3.8) is 0 Å². The van der Waals surface area contributed by atoms with E-state index in [9.17, 15) is 4.79 Å². The van der Waals surface area contributed by atoms with E-state index in [4.69, 9.17) is 5.26 Å². The SMILES string of the molecule is N#Cc1ccc(NC(=O)[C@@H]2CCCN2c2ncnc3sccc23)cc1. The van der Waals surface area contributed by atoms with Crippen LogP contribution in [-0.4, -0.2) is 28.5 Å². The van der Waals surface area contributed by atoms with Crippen molar-refractivity contribution in [3.05, 3.63) is 47.6 Å². The monoisotopic (exact) mass is 349 g/mol. The maximum Gasteiger partial charge on any atom is 0.247 e. The molecule has 124 valence electrons. The fraction of sp³-hybridized carbons (Fsp3) is 0.222. The lowest BCUT2D eigenvalue weighted by Crippen LogP contribution is -2.40. The van der Waals surface area contributed by atoms with E-state index in [1.807, 2.05) is 11.4 Å². The first kappa shape index (κ1) is 15.5. The van der Waals surface area contributed by atoms with E-state index in [-0.39, 0.29) is 11.9 Å². The van der Waals surface area contributed by atoms with Crippen LogP contribution >= 0.6 is 11.3 Å². The third-order valence-corrected chi connectivity index (χ3v) is 5.17. The van der Waals surface area contributed by atoms with E-state index < -0.39 is 0 Å². The molecule has 25 heavy (non-hydrogen) atoms. The second kappa shape index (κ2) is 6.49. The average Bonchev–Trinajstić information content (AvgIpc) is 3.31. The molecule has 0 bridgehead atoms. The highest BCUT2D eigenvalue weighted by molar-refractivity contribution is 7.16. The van der Waals surface area contributed by atoms with Gasteiger partial charge in [-0.1, -0.05) is 0 Å². The van der Waals surface area contributed by atoms with Gasteiger partial charge in [-0.15, -0.1) is 11.3 Å². The Morgan fingerprint density at radius 2 is 2.12 bits per heavy atom. The maximum absolute atomic E-state index is 12.8. The summed E-state index contributed by atoms with van der Waals surface area (Å²) < 4.78 is 0. The van der Waals surface area contributed by atoms with Crippen LogP contribution in [0.4, 0.5) is 11.5 Å². The normalized spacial score (nSPS) is 16.8. The molecule has 1 fully saturated rings. The molecule has 1 saturated heterocycles. The highest BCUT2D eigenvalue weighted by atomic mass is 32.1. The molecule has 6 nitrogen and oxygen atoms in total. The van der Waals surface area contributed by atoms with Crippen molar-refractivity contribution < 1.29 is 4.79 Å². The summed E-state index contributed by atoms with van der Waals surface area (Å²) >= 11 is 1.57. The Balaban J connectivity index is 1.57. The van der Waals surface area contributed by atoms with E-state index in [0.29, 0.717) is 11.3 Å². The number of thiophene rings is 1. The van der Waals surface area contributed by atoms with Crippen LogP contribution in [0, 0.1) is 11.3 Å². The van der Waals surface area contributed by atoms with Gasteiger partial charge < -0.3 is 10.2 Å². The van der Waals surface area contributed by atoms with Crippen molar-refractivity contribution in [1.82, 2.24) is 9.97 Å². The van der Waals surface area contributed by atoms with Gasteiger partial charge in [0.25, 0.3) is 0 Å². The molecule has 0 aliphatic carbocycles. The highest BCUT2D eigenvalue weighted by Crippen LogP contribution is 2.32. The number of carbonyl (C=O) groups excluding carboxylic acids is 1. The fourth-order valence-corrected chi connectivity index (χ4v) is 3.88. The Bertz CT molecular complexity index is 960. The smallest absolute Gasteiger partial charge is 0.247 e. The number of rotatable bonds is 3. The molecular weight excluding hydrogens is 334 g/mol. The Kier molecular flexibility index (Phi) is 4.04. The summed E-state index contributed by atoms with van der Waals surface area (Å²) in [5.41, 5.74) is 1.26. The van der Waals surface area contributed by atoms with Crippen molar-refractivity contribution in [1.29, 1.82) is 5.26 Å². The quantitative estimate of drug-likeness (QED) is 0.785. The number of nitrogens with one attached hydrogen (secondary N) is 1. The van der Waals surface area contributed by atoms with Crippen LogP contribution in [0.5, 0.6) is 0 Å². The van der Waals surface area contributed by atoms with Crippen molar-refractivity contribution in [2.75, 3.05) is 16.8 Å². The van der Waals surface area contributed by atoms with Crippen LogP contribution < -0.4 is 10.2 Å². The molecule has 1 aliphatic heterocycles. The minimum Gasteiger partial charge on any atom is -0.344 e. The molecule has 4 rings (SSSR count). The number of nitrogens with zero attached hydrogens (tertiary/aromatic N) is 4. The first-order chi connectivity index (χ1) is 12.3. The lowest BCUT2D eigenvalue weighted by atomic mass is 10.1. The van der Waals surface area contributed by atoms with Crippen molar-refractivity contribution in [2.45, 2.75) is 18.9 Å². The molecule has 0 radical (unpaired) electrons. The zero-order valence-electron chi connectivity index (χ0n) is 13.3. The van der Waals surface area contributed by atoms with Gasteiger partial charge in [0.1, 0.15) is 23.0 Å². The van der Waals surface area contributed by atoms with Gasteiger partial charge in [0.05, 0.1) is 17.0 Å². The van der Waals surface area contributed by atoms with E-state index in [2.05, 4.69) is 26.3 Å². The molecular formula is C18H15N5OS. The van der Waals surface area contributed by atoms with Gasteiger partial charge in [-0.25, -0.2) is 9.97 Å². The molecule has 1 atom stereocenters. The van der Waals surface area contributed by atoms with E-state index in [1.54, 1.807) is 41.9 Å². The first-order valence-corrected chi connectivity index (χ1v) is 8.90. The van der Waals surface area contributed by atoms with Gasteiger partial charge in [-0.05, 0) is 48.6 Å². The van der Waals surface area contributed by atoms with Crippen molar-refractivity contribution in [3.8, 4) is 6.07 Å². The number of hydrogen-bond donors (Lipinski definition) is 1. The standard InChI is InChI=1S/C18H15N5OS/c19-10-12-3-5-13(6-4-12)22-17(24)15-2-1-8-23(15)16-14-7-9-25-18(14)21-11-20-16/h3-7,9,11,15H,1-2,8H2,(H,22,24)/t15-/m0/s1. The summed E-state index contributed by atoms with van der Waals surface area (Å²) in [7, 11) is 0. The first-order valence-electron chi connectivity index (χ1n) is 8.02. The lowest BCUT2D eigenvalue weighted by Gasteiger charge is -2.25. The number of carbonyl (C=O) groups is 1. The minimum atomic E-state index is -0.256. The molecule has 1 aliphatic rings. The van der Waals surface area contributed by atoms with Crippen molar-refractivity contribution in [2.24, 2.45) is 0 Å². The highest BCUT2D eigenvalue weighted by Gasteiger charge is 2.32. The summed E-state index contributed by atoms with van der Waals surface area (Å²) in [5, 5.41) is 14.8. The molecule has 1 N–H and O–H groups in total. The second-order valence-electron chi connectivity index (χ2n) is 5.87. The van der Waals surface area contributed by atoms with Crippen LogP contribution in [0.2, 0.25) is 0 Å². The van der Waals surface area contributed by atoms with E-state index in [1.165, 1.54) is 0 Å². The Hall–Kier alpha value is -2.98. The third kappa shape index (κ3) is 2.92. The van der Waals surface area contributed by atoms with E-state index in [0.717, 1.165) is 35.4 Å². The van der Waals surface area contributed by atoms with Crippen LogP contribution in [0.1, 0.15) is 18.4 Å². The predicted octanol–water partition coefficient (Wildman–Crippen LogP) is 3.17. The Morgan fingerprint density at radius 1 is 1.28 bits per heavy atom. The van der Waals surface area contributed by atoms with E-state index >= 15 is 0 Å². The molecule has 0 saturated carbocycles. The lowest BCUT2D eigenvalue weighted by molar-refractivity contribution is -0.117. The summed E-state index contributed by atoms with van der Waals surface area (Å²) in [6.45, 7) is 0.799. The van der Waals surface area contributed by atoms with Crippen LogP contribution in [0.25, 0.3) is 10.2 Å².